The Bertz CT molecular complexity index is 641. The zero-order valence-electron chi connectivity index (χ0n) is 16.2. The van der Waals surface area contributed by atoms with E-state index in [-0.39, 0.29) is 36.3 Å². The molecule has 2 amide bonds. The summed E-state index contributed by atoms with van der Waals surface area (Å²) in [6.07, 6.45) is 0.979. The number of ether oxygens (including phenoxy) is 1. The first-order valence-electron chi connectivity index (χ1n) is 9.89. The molecule has 3 rings (SSSR count). The van der Waals surface area contributed by atoms with Crippen LogP contribution in [0.2, 0.25) is 0 Å². The Morgan fingerprint density at radius 2 is 1.81 bits per heavy atom. The molecule has 0 spiro atoms. The molecule has 2 heterocycles. The van der Waals surface area contributed by atoms with Gasteiger partial charge in [0, 0.05) is 31.5 Å². The van der Waals surface area contributed by atoms with Crippen LogP contribution in [0.25, 0.3) is 0 Å². The lowest BCUT2D eigenvalue weighted by Gasteiger charge is -2.43. The van der Waals surface area contributed by atoms with Crippen LogP contribution < -0.4 is 0 Å². The molecule has 2 saturated heterocycles. The van der Waals surface area contributed by atoms with E-state index in [0.717, 1.165) is 5.56 Å². The average molecular weight is 374 g/mol. The second kappa shape index (κ2) is 8.85. The molecule has 0 saturated carbocycles. The molecule has 27 heavy (non-hydrogen) atoms. The van der Waals surface area contributed by atoms with Crippen molar-refractivity contribution in [2.45, 2.75) is 38.8 Å². The maximum atomic E-state index is 13.3. The Balaban J connectivity index is 1.72. The zero-order chi connectivity index (χ0) is 19.4. The second-order valence-corrected chi connectivity index (χ2v) is 7.73. The Morgan fingerprint density at radius 1 is 1.15 bits per heavy atom. The summed E-state index contributed by atoms with van der Waals surface area (Å²) < 4.78 is 5.74. The van der Waals surface area contributed by atoms with E-state index in [1.165, 1.54) is 0 Å². The van der Waals surface area contributed by atoms with Gasteiger partial charge in [-0.05, 0) is 18.4 Å². The van der Waals surface area contributed by atoms with Crippen LogP contribution in [0.1, 0.15) is 38.3 Å². The van der Waals surface area contributed by atoms with Gasteiger partial charge in [-0.15, -0.1) is 0 Å². The van der Waals surface area contributed by atoms with Crippen LogP contribution in [0.3, 0.4) is 0 Å². The molecule has 0 aliphatic carbocycles. The van der Waals surface area contributed by atoms with Crippen molar-refractivity contribution in [3.05, 3.63) is 35.9 Å². The SMILES string of the molecule is CC(C)C(=O)N1CCC(C(=O)N2CCO[C@H](CO)[C@H]2c2ccccc2)CC1. The molecule has 6 nitrogen and oxygen atoms in total. The average Bonchev–Trinajstić information content (AvgIpc) is 2.72. The van der Waals surface area contributed by atoms with E-state index < -0.39 is 6.10 Å². The van der Waals surface area contributed by atoms with Crippen molar-refractivity contribution in [2.75, 3.05) is 32.8 Å². The summed E-state index contributed by atoms with van der Waals surface area (Å²) in [6, 6.07) is 9.51. The van der Waals surface area contributed by atoms with Gasteiger partial charge in [-0.3, -0.25) is 9.59 Å². The van der Waals surface area contributed by atoms with Gasteiger partial charge >= 0.3 is 0 Å². The van der Waals surface area contributed by atoms with Crippen molar-refractivity contribution in [1.29, 1.82) is 0 Å². The van der Waals surface area contributed by atoms with Gasteiger partial charge < -0.3 is 19.6 Å². The van der Waals surface area contributed by atoms with Crippen molar-refractivity contribution in [3.8, 4) is 0 Å². The smallest absolute Gasteiger partial charge is 0.226 e. The number of piperidine rings is 1. The number of carbonyl (C=O) groups is 2. The predicted molar refractivity (Wildman–Crippen MR) is 102 cm³/mol. The molecule has 6 heteroatoms. The number of amides is 2. The number of rotatable bonds is 4. The molecular formula is C21H30N2O4. The number of benzene rings is 1. The van der Waals surface area contributed by atoms with Crippen LogP contribution >= 0.6 is 0 Å². The number of aliphatic hydroxyl groups is 1. The minimum absolute atomic E-state index is 0.00994. The van der Waals surface area contributed by atoms with Crippen molar-refractivity contribution in [3.63, 3.8) is 0 Å². The first-order chi connectivity index (χ1) is 13.0. The zero-order valence-corrected chi connectivity index (χ0v) is 16.2. The summed E-state index contributed by atoms with van der Waals surface area (Å²) in [6.45, 7) is 5.93. The van der Waals surface area contributed by atoms with Gasteiger partial charge in [0.25, 0.3) is 0 Å². The highest BCUT2D eigenvalue weighted by Gasteiger charge is 2.39. The highest BCUT2D eigenvalue weighted by atomic mass is 16.5. The molecule has 2 atom stereocenters. The molecule has 1 N–H and O–H groups in total. The van der Waals surface area contributed by atoms with E-state index in [9.17, 15) is 14.7 Å². The minimum atomic E-state index is -0.410. The standard InChI is InChI=1S/C21H30N2O4/c1-15(2)20(25)22-10-8-17(9-11-22)21(26)23-12-13-27-18(14-24)19(23)16-6-4-3-5-7-16/h3-7,15,17-19,24H,8-14H2,1-2H3/t18-,19-/m1/s1. The Morgan fingerprint density at radius 3 is 2.41 bits per heavy atom. The molecule has 2 fully saturated rings. The van der Waals surface area contributed by atoms with E-state index in [1.807, 2.05) is 54.0 Å². The summed E-state index contributed by atoms with van der Waals surface area (Å²) >= 11 is 0. The van der Waals surface area contributed by atoms with Crippen LogP contribution in [0.15, 0.2) is 30.3 Å². The van der Waals surface area contributed by atoms with Gasteiger partial charge in [0.1, 0.15) is 6.10 Å². The quantitative estimate of drug-likeness (QED) is 0.873. The van der Waals surface area contributed by atoms with Gasteiger partial charge in [0.05, 0.1) is 19.3 Å². The largest absolute Gasteiger partial charge is 0.394 e. The molecule has 2 aliphatic heterocycles. The number of nitrogens with zero attached hydrogens (tertiary/aromatic N) is 2. The molecule has 0 unspecified atom stereocenters. The summed E-state index contributed by atoms with van der Waals surface area (Å²) in [5, 5.41) is 9.77. The summed E-state index contributed by atoms with van der Waals surface area (Å²) in [5.74, 6) is 0.186. The molecule has 2 aliphatic rings. The van der Waals surface area contributed by atoms with Gasteiger partial charge in [-0.25, -0.2) is 0 Å². The number of hydrogen-bond acceptors (Lipinski definition) is 4. The third-order valence-electron chi connectivity index (χ3n) is 5.61. The van der Waals surface area contributed by atoms with Crippen molar-refractivity contribution in [1.82, 2.24) is 9.80 Å². The van der Waals surface area contributed by atoms with Crippen LogP contribution in [0.5, 0.6) is 0 Å². The lowest BCUT2D eigenvalue weighted by molar-refractivity contribution is -0.156. The molecule has 0 aromatic heterocycles. The highest BCUT2D eigenvalue weighted by molar-refractivity contribution is 5.81. The Kier molecular flexibility index (Phi) is 6.50. The van der Waals surface area contributed by atoms with Crippen LogP contribution in [0, 0.1) is 11.8 Å². The lowest BCUT2D eigenvalue weighted by atomic mass is 9.91. The van der Waals surface area contributed by atoms with E-state index in [4.69, 9.17) is 4.74 Å². The van der Waals surface area contributed by atoms with Gasteiger partial charge in [-0.2, -0.15) is 0 Å². The van der Waals surface area contributed by atoms with E-state index in [2.05, 4.69) is 0 Å². The molecular weight excluding hydrogens is 344 g/mol. The lowest BCUT2D eigenvalue weighted by Crippen LogP contribution is -2.52. The summed E-state index contributed by atoms with van der Waals surface area (Å²) in [7, 11) is 0. The van der Waals surface area contributed by atoms with Crippen LogP contribution in [0.4, 0.5) is 0 Å². The molecule has 0 bridgehead atoms. The van der Waals surface area contributed by atoms with E-state index in [0.29, 0.717) is 39.1 Å². The third kappa shape index (κ3) is 4.33. The maximum Gasteiger partial charge on any atom is 0.226 e. The molecule has 0 radical (unpaired) electrons. The monoisotopic (exact) mass is 374 g/mol. The fourth-order valence-corrected chi connectivity index (χ4v) is 4.12. The Hall–Kier alpha value is -1.92. The topological polar surface area (TPSA) is 70.1 Å². The fourth-order valence-electron chi connectivity index (χ4n) is 4.12. The van der Waals surface area contributed by atoms with Crippen LogP contribution in [-0.4, -0.2) is 65.7 Å². The highest BCUT2D eigenvalue weighted by Crippen LogP contribution is 2.32. The maximum absolute atomic E-state index is 13.3. The minimum Gasteiger partial charge on any atom is -0.394 e. The fraction of sp³-hybridized carbons (Fsp3) is 0.619. The van der Waals surface area contributed by atoms with Gasteiger partial charge in [0.15, 0.2) is 0 Å². The predicted octanol–water partition coefficient (Wildman–Crippen LogP) is 1.84. The molecule has 1 aromatic carbocycles. The van der Waals surface area contributed by atoms with Crippen molar-refractivity contribution < 1.29 is 19.4 Å². The normalized spacial score (nSPS) is 24.3. The summed E-state index contributed by atoms with van der Waals surface area (Å²) in [4.78, 5) is 29.2. The first kappa shape index (κ1) is 19.8. The number of likely N-dealkylation sites (tertiary alicyclic amines) is 1. The first-order valence-corrected chi connectivity index (χ1v) is 9.89. The van der Waals surface area contributed by atoms with Crippen molar-refractivity contribution >= 4 is 11.8 Å². The summed E-state index contributed by atoms with van der Waals surface area (Å²) in [5.41, 5.74) is 0.983. The third-order valence-corrected chi connectivity index (χ3v) is 5.61. The molecule has 148 valence electrons. The second-order valence-electron chi connectivity index (χ2n) is 7.73. The van der Waals surface area contributed by atoms with Crippen molar-refractivity contribution in [2.24, 2.45) is 11.8 Å². The van der Waals surface area contributed by atoms with Gasteiger partial charge in [0.2, 0.25) is 11.8 Å². The number of morpholine rings is 1. The Labute approximate surface area is 161 Å². The number of aliphatic hydroxyl groups excluding tert-OH is 1. The van der Waals surface area contributed by atoms with Gasteiger partial charge in [-0.1, -0.05) is 44.2 Å². The van der Waals surface area contributed by atoms with Crippen LogP contribution in [-0.2, 0) is 14.3 Å². The molecule has 1 aromatic rings. The number of hydrogen-bond donors (Lipinski definition) is 1. The van der Waals surface area contributed by atoms with E-state index >= 15 is 0 Å². The van der Waals surface area contributed by atoms with E-state index in [1.54, 1.807) is 0 Å². The number of carbonyl (C=O) groups excluding carboxylic acids is 2.